The van der Waals surface area contributed by atoms with Crippen LogP contribution in [0.5, 0.6) is 0 Å². The van der Waals surface area contributed by atoms with E-state index in [2.05, 4.69) is 31.9 Å². The first kappa shape index (κ1) is 46.1. The zero-order chi connectivity index (χ0) is 39.7. The number of hydrogen-bond donors (Lipinski definition) is 11. The molecule has 51 heavy (non-hydrogen) atoms. The summed E-state index contributed by atoms with van der Waals surface area (Å²) >= 11 is 0. The van der Waals surface area contributed by atoms with Crippen molar-refractivity contribution in [3.63, 3.8) is 0 Å². The summed E-state index contributed by atoms with van der Waals surface area (Å²) in [4.78, 5) is 113. The van der Waals surface area contributed by atoms with Crippen molar-refractivity contribution in [3.05, 3.63) is 0 Å². The molecule has 20 nitrogen and oxygen atoms in total. The maximum atomic E-state index is 13.5. The Balaban J connectivity index is 6.23. The Morgan fingerprint density at radius 1 is 0.569 bits per heavy atom. The summed E-state index contributed by atoms with van der Waals surface area (Å²) in [7, 11) is 0. The third kappa shape index (κ3) is 17.1. The third-order valence-corrected chi connectivity index (χ3v) is 7.43. The predicted molar refractivity (Wildman–Crippen MR) is 181 cm³/mol. The second-order valence-corrected chi connectivity index (χ2v) is 13.3. The molecule has 0 aromatic carbocycles. The minimum absolute atomic E-state index is 0.0928. The number of amides is 8. The Kier molecular flexibility index (Phi) is 20.0. The molecule has 0 saturated carbocycles. The Labute approximate surface area is 296 Å². The van der Waals surface area contributed by atoms with E-state index in [1.807, 2.05) is 0 Å². The lowest BCUT2D eigenvalue weighted by molar-refractivity contribution is -0.143. The molecule has 0 spiro atoms. The molecule has 0 fully saturated rings. The molecular weight excluding hydrogens is 674 g/mol. The van der Waals surface area contributed by atoms with Crippen LogP contribution in [0.3, 0.4) is 0 Å². The molecule has 0 rings (SSSR count). The number of primary amides is 2. The fraction of sp³-hybridized carbons (Fsp3) is 0.710. The van der Waals surface area contributed by atoms with E-state index in [4.69, 9.17) is 17.2 Å². The van der Waals surface area contributed by atoms with Gasteiger partial charge in [0, 0.05) is 6.42 Å². The fourth-order valence-corrected chi connectivity index (χ4v) is 4.66. The molecule has 0 aliphatic rings. The predicted octanol–water partition coefficient (Wildman–Crippen LogP) is -4.18. The normalized spacial score (nSPS) is 15.3. The minimum Gasteiger partial charge on any atom is -0.480 e. The number of carboxylic acid groups (broad SMARTS) is 1. The molecule has 290 valence electrons. The van der Waals surface area contributed by atoms with Gasteiger partial charge in [-0.25, -0.2) is 4.79 Å². The standard InChI is InChI=1S/C31H55N9O11/c1-13(2)10-19(31(50)51)37-28(47)24(15(5)6)39-27(46)18(11-21(34)43)36-26(45)17(8-9-20(33)42)35-30(49)25(16(7)41)40-29(48)23(14(3)4)38-22(44)12-32/h13-19,23-25,41H,8-12,32H2,1-7H3,(H2,33,42)(H2,34,43)(H,35,49)(H,36,45)(H,37,47)(H,38,44)(H,39,46)(H,40,48)(H,50,51)/t16-,17+,18+,19+,23+,24+,25+/m1/s1. The first-order valence-corrected chi connectivity index (χ1v) is 16.5. The molecule has 0 radical (unpaired) electrons. The van der Waals surface area contributed by atoms with Gasteiger partial charge in [0.15, 0.2) is 0 Å². The number of aliphatic hydroxyl groups is 1. The Morgan fingerprint density at radius 3 is 1.43 bits per heavy atom. The smallest absolute Gasteiger partial charge is 0.326 e. The van der Waals surface area contributed by atoms with E-state index in [1.165, 1.54) is 6.92 Å². The van der Waals surface area contributed by atoms with Gasteiger partial charge in [-0.05, 0) is 37.5 Å². The zero-order valence-electron chi connectivity index (χ0n) is 30.1. The summed E-state index contributed by atoms with van der Waals surface area (Å²) in [5, 5.41) is 33.9. The Hall–Kier alpha value is -4.85. The van der Waals surface area contributed by atoms with Crippen LogP contribution in [0.4, 0.5) is 0 Å². The summed E-state index contributed by atoms with van der Waals surface area (Å²) < 4.78 is 0. The Morgan fingerprint density at radius 2 is 1.00 bits per heavy atom. The van der Waals surface area contributed by atoms with E-state index in [0.717, 1.165) is 0 Å². The number of aliphatic hydroxyl groups excluding tert-OH is 1. The van der Waals surface area contributed by atoms with Crippen LogP contribution >= 0.6 is 0 Å². The highest BCUT2D eigenvalue weighted by molar-refractivity contribution is 5.98. The van der Waals surface area contributed by atoms with Crippen LogP contribution in [-0.4, -0.2) is 112 Å². The van der Waals surface area contributed by atoms with Crippen molar-refractivity contribution in [1.29, 1.82) is 0 Å². The van der Waals surface area contributed by atoms with Crippen LogP contribution in [0.2, 0.25) is 0 Å². The molecule has 0 aromatic heterocycles. The van der Waals surface area contributed by atoms with Gasteiger partial charge >= 0.3 is 5.97 Å². The first-order chi connectivity index (χ1) is 23.5. The zero-order valence-corrected chi connectivity index (χ0v) is 30.1. The van der Waals surface area contributed by atoms with Crippen molar-refractivity contribution in [1.82, 2.24) is 31.9 Å². The third-order valence-electron chi connectivity index (χ3n) is 7.43. The highest BCUT2D eigenvalue weighted by Crippen LogP contribution is 2.10. The van der Waals surface area contributed by atoms with Gasteiger partial charge in [-0.3, -0.25) is 38.4 Å². The van der Waals surface area contributed by atoms with Gasteiger partial charge in [-0.2, -0.15) is 0 Å². The lowest BCUT2D eigenvalue weighted by Crippen LogP contribution is -2.62. The Bertz CT molecular complexity index is 1270. The average molecular weight is 730 g/mol. The summed E-state index contributed by atoms with van der Waals surface area (Å²) in [6.07, 6.45) is -3.10. The monoisotopic (exact) mass is 729 g/mol. The van der Waals surface area contributed by atoms with Crippen LogP contribution in [0.1, 0.15) is 74.1 Å². The van der Waals surface area contributed by atoms with Gasteiger partial charge < -0.3 is 59.3 Å². The minimum atomic E-state index is -1.71. The first-order valence-electron chi connectivity index (χ1n) is 16.5. The van der Waals surface area contributed by atoms with E-state index in [-0.39, 0.29) is 12.3 Å². The maximum absolute atomic E-state index is 13.5. The van der Waals surface area contributed by atoms with Gasteiger partial charge in [0.1, 0.15) is 36.3 Å². The molecule has 0 aliphatic carbocycles. The average Bonchev–Trinajstić information content (AvgIpc) is 3.00. The lowest BCUT2D eigenvalue weighted by Gasteiger charge is -2.29. The number of carbonyl (C=O) groups is 9. The topological polar surface area (TPSA) is 344 Å². The highest BCUT2D eigenvalue weighted by Gasteiger charge is 2.36. The van der Waals surface area contributed by atoms with Crippen molar-refractivity contribution in [2.45, 2.75) is 117 Å². The second-order valence-electron chi connectivity index (χ2n) is 13.3. The number of carboxylic acids is 1. The van der Waals surface area contributed by atoms with Crippen LogP contribution in [0.15, 0.2) is 0 Å². The number of hydrogen-bond acceptors (Lipinski definition) is 11. The van der Waals surface area contributed by atoms with Gasteiger partial charge in [0.25, 0.3) is 0 Å². The molecule has 0 aliphatic heterocycles. The molecule has 0 aromatic rings. The molecule has 20 heteroatoms. The van der Waals surface area contributed by atoms with Crippen molar-refractivity contribution in [2.75, 3.05) is 6.54 Å². The van der Waals surface area contributed by atoms with Crippen LogP contribution in [0, 0.1) is 17.8 Å². The largest absolute Gasteiger partial charge is 0.480 e. The van der Waals surface area contributed by atoms with E-state index in [1.54, 1.807) is 41.5 Å². The molecule has 7 atom stereocenters. The highest BCUT2D eigenvalue weighted by atomic mass is 16.4. The lowest BCUT2D eigenvalue weighted by atomic mass is 9.99. The van der Waals surface area contributed by atoms with Crippen LogP contribution in [-0.2, 0) is 43.2 Å². The van der Waals surface area contributed by atoms with E-state index in [9.17, 15) is 53.4 Å². The van der Waals surface area contributed by atoms with Gasteiger partial charge in [-0.15, -0.1) is 0 Å². The van der Waals surface area contributed by atoms with E-state index >= 15 is 0 Å². The van der Waals surface area contributed by atoms with Gasteiger partial charge in [-0.1, -0.05) is 41.5 Å². The summed E-state index contributed by atoms with van der Waals surface area (Å²) in [5.74, 6) is -9.97. The molecule has 0 heterocycles. The summed E-state index contributed by atoms with van der Waals surface area (Å²) in [6.45, 7) is 10.6. The van der Waals surface area contributed by atoms with Crippen molar-refractivity contribution >= 4 is 53.2 Å². The SMILES string of the molecule is CC(C)C[C@H](NC(=O)[C@@H](NC(=O)[C@H](CC(N)=O)NC(=O)[C@H](CCC(N)=O)NC(=O)[C@@H](NC(=O)[C@@H](NC(=O)CN)C(C)C)[C@@H](C)O)C(C)C)C(=O)O. The van der Waals surface area contributed by atoms with Crippen molar-refractivity contribution < 1.29 is 53.4 Å². The molecule has 0 unspecified atom stereocenters. The number of rotatable bonds is 23. The molecule has 0 saturated heterocycles. The molecule has 0 bridgehead atoms. The number of carbonyl (C=O) groups excluding carboxylic acids is 8. The fourth-order valence-electron chi connectivity index (χ4n) is 4.66. The molecular formula is C31H55N9O11. The van der Waals surface area contributed by atoms with Crippen molar-refractivity contribution in [3.8, 4) is 0 Å². The molecule has 14 N–H and O–H groups in total. The second kappa shape index (κ2) is 22.1. The van der Waals surface area contributed by atoms with E-state index in [0.29, 0.717) is 0 Å². The molecule has 8 amide bonds. The van der Waals surface area contributed by atoms with Gasteiger partial charge in [0.2, 0.25) is 47.3 Å². The number of nitrogens with two attached hydrogens (primary N) is 3. The maximum Gasteiger partial charge on any atom is 0.326 e. The van der Waals surface area contributed by atoms with E-state index < -0.39 is 133 Å². The quantitative estimate of drug-likeness (QED) is 0.0477. The van der Waals surface area contributed by atoms with Crippen molar-refractivity contribution in [2.24, 2.45) is 35.0 Å². The van der Waals surface area contributed by atoms with Crippen LogP contribution in [0.25, 0.3) is 0 Å². The number of nitrogens with one attached hydrogen (secondary N) is 6. The van der Waals surface area contributed by atoms with Gasteiger partial charge in [0.05, 0.1) is 19.1 Å². The summed E-state index contributed by atoms with van der Waals surface area (Å²) in [6, 6.07) is -8.75. The number of aliphatic carboxylic acids is 1. The summed E-state index contributed by atoms with van der Waals surface area (Å²) in [5.41, 5.74) is 15.9. The van der Waals surface area contributed by atoms with Crippen LogP contribution < -0.4 is 49.1 Å².